The van der Waals surface area contributed by atoms with Crippen molar-refractivity contribution in [1.82, 2.24) is 4.98 Å². The second-order valence-corrected chi connectivity index (χ2v) is 8.09. The maximum absolute atomic E-state index is 11.4. The van der Waals surface area contributed by atoms with Crippen molar-refractivity contribution in [3.05, 3.63) is 37.8 Å². The zero-order valence-electron chi connectivity index (χ0n) is 11.2. The third-order valence-electron chi connectivity index (χ3n) is 2.65. The molecule has 0 aliphatic heterocycles. The van der Waals surface area contributed by atoms with Gasteiger partial charge in [0.1, 0.15) is 0 Å². The molecular formula is C14H13Br2NO2S. The van der Waals surface area contributed by atoms with Gasteiger partial charge in [-0.2, -0.15) is 0 Å². The van der Waals surface area contributed by atoms with Gasteiger partial charge in [0.05, 0.1) is 9.88 Å². The molecule has 0 saturated heterocycles. The van der Waals surface area contributed by atoms with Crippen LogP contribution in [0.25, 0.3) is 10.4 Å². The van der Waals surface area contributed by atoms with Gasteiger partial charge in [0.25, 0.3) is 0 Å². The van der Waals surface area contributed by atoms with Gasteiger partial charge in [0, 0.05) is 14.4 Å². The Balaban J connectivity index is 2.63. The third-order valence-corrected chi connectivity index (χ3v) is 6.06. The van der Waals surface area contributed by atoms with E-state index in [0.29, 0.717) is 4.88 Å². The highest BCUT2D eigenvalue weighted by atomic mass is 79.9. The van der Waals surface area contributed by atoms with Crippen LogP contribution < -0.4 is 0 Å². The number of halogens is 2. The number of carboxylic acids is 1. The highest BCUT2D eigenvalue weighted by Gasteiger charge is 2.25. The molecule has 2 rings (SSSR count). The molecule has 3 nitrogen and oxygen atoms in total. The first kappa shape index (κ1) is 15.7. The van der Waals surface area contributed by atoms with Crippen LogP contribution in [-0.2, 0) is 5.41 Å². The molecule has 0 radical (unpaired) electrons. The fourth-order valence-corrected chi connectivity index (χ4v) is 3.36. The maximum atomic E-state index is 11.4. The average Bonchev–Trinajstić information content (AvgIpc) is 2.77. The van der Waals surface area contributed by atoms with Crippen molar-refractivity contribution >= 4 is 49.2 Å². The number of hydrogen-bond acceptors (Lipinski definition) is 3. The van der Waals surface area contributed by atoms with Crippen LogP contribution >= 0.6 is 43.2 Å². The van der Waals surface area contributed by atoms with Gasteiger partial charge >= 0.3 is 5.97 Å². The summed E-state index contributed by atoms with van der Waals surface area (Å²) in [6.45, 7) is 6.08. The standard InChI is InChI=1S/C14H13Br2NO2S/c1-14(2,3)13-17-10(12(18)19)11(20-13)7-4-5-8(15)9(16)6-7/h4-6H,1-3H3,(H,18,19). The van der Waals surface area contributed by atoms with Crippen LogP contribution in [0.5, 0.6) is 0 Å². The van der Waals surface area contributed by atoms with Crippen molar-refractivity contribution in [2.24, 2.45) is 0 Å². The summed E-state index contributed by atoms with van der Waals surface area (Å²) in [7, 11) is 0. The van der Waals surface area contributed by atoms with Gasteiger partial charge in [0.2, 0.25) is 0 Å². The summed E-state index contributed by atoms with van der Waals surface area (Å²) in [5, 5.41) is 10.2. The molecule has 1 heterocycles. The average molecular weight is 419 g/mol. The summed E-state index contributed by atoms with van der Waals surface area (Å²) in [4.78, 5) is 16.4. The second kappa shape index (κ2) is 5.58. The normalized spacial score (nSPS) is 11.7. The maximum Gasteiger partial charge on any atom is 0.356 e. The molecule has 0 aliphatic carbocycles. The van der Waals surface area contributed by atoms with Gasteiger partial charge in [-0.3, -0.25) is 0 Å². The Hall–Kier alpha value is -0.720. The lowest BCUT2D eigenvalue weighted by atomic mass is 9.98. The highest BCUT2D eigenvalue weighted by molar-refractivity contribution is 9.13. The predicted molar refractivity (Wildman–Crippen MR) is 88.6 cm³/mol. The molecule has 0 saturated carbocycles. The smallest absolute Gasteiger partial charge is 0.356 e. The van der Waals surface area contributed by atoms with E-state index in [1.807, 2.05) is 39.0 Å². The molecule has 106 valence electrons. The largest absolute Gasteiger partial charge is 0.476 e. The number of carboxylic acid groups (broad SMARTS) is 1. The number of thiazole rings is 1. The molecule has 1 N–H and O–H groups in total. The molecule has 0 aliphatic rings. The molecule has 2 aromatic rings. The number of carbonyl (C=O) groups is 1. The number of rotatable bonds is 2. The Kier molecular flexibility index (Phi) is 4.37. The number of benzene rings is 1. The van der Waals surface area contributed by atoms with Gasteiger partial charge in [-0.05, 0) is 49.6 Å². The minimum Gasteiger partial charge on any atom is -0.476 e. The quantitative estimate of drug-likeness (QED) is 0.716. The zero-order valence-corrected chi connectivity index (χ0v) is 15.2. The predicted octanol–water partition coefficient (Wildman–Crippen LogP) is 5.33. The molecule has 0 amide bonds. The number of nitrogens with zero attached hydrogens (tertiary/aromatic N) is 1. The lowest BCUT2D eigenvalue weighted by molar-refractivity contribution is 0.0692. The van der Waals surface area contributed by atoms with E-state index in [-0.39, 0.29) is 11.1 Å². The van der Waals surface area contributed by atoms with Crippen LogP contribution in [0.1, 0.15) is 36.3 Å². The Morgan fingerprint density at radius 1 is 1.25 bits per heavy atom. The third kappa shape index (κ3) is 3.13. The zero-order chi connectivity index (χ0) is 15.1. The van der Waals surface area contributed by atoms with Crippen molar-refractivity contribution in [2.75, 3.05) is 0 Å². The molecule has 20 heavy (non-hydrogen) atoms. The van der Waals surface area contributed by atoms with Crippen LogP contribution in [0.15, 0.2) is 27.1 Å². The summed E-state index contributed by atoms with van der Waals surface area (Å²) in [5.41, 5.74) is 0.805. The van der Waals surface area contributed by atoms with Gasteiger partial charge in [-0.1, -0.05) is 26.8 Å². The molecular weight excluding hydrogens is 406 g/mol. The van der Waals surface area contributed by atoms with Gasteiger partial charge in [-0.15, -0.1) is 11.3 Å². The van der Waals surface area contributed by atoms with E-state index < -0.39 is 5.97 Å². The summed E-state index contributed by atoms with van der Waals surface area (Å²) in [6.07, 6.45) is 0. The molecule has 1 aromatic heterocycles. The number of aromatic nitrogens is 1. The van der Waals surface area contributed by atoms with E-state index in [1.165, 1.54) is 11.3 Å². The fraction of sp³-hybridized carbons (Fsp3) is 0.286. The molecule has 6 heteroatoms. The molecule has 0 spiro atoms. The lowest BCUT2D eigenvalue weighted by Crippen LogP contribution is -2.11. The molecule has 0 bridgehead atoms. The Labute approximate surface area is 138 Å². The summed E-state index contributed by atoms with van der Waals surface area (Å²) in [6, 6.07) is 5.68. The van der Waals surface area contributed by atoms with E-state index in [9.17, 15) is 9.90 Å². The van der Waals surface area contributed by atoms with E-state index >= 15 is 0 Å². The molecule has 0 atom stereocenters. The van der Waals surface area contributed by atoms with Crippen LogP contribution in [-0.4, -0.2) is 16.1 Å². The second-order valence-electron chi connectivity index (χ2n) is 5.38. The van der Waals surface area contributed by atoms with Crippen molar-refractivity contribution in [2.45, 2.75) is 26.2 Å². The fourth-order valence-electron chi connectivity index (χ4n) is 1.62. The highest BCUT2D eigenvalue weighted by Crippen LogP contribution is 2.38. The number of aromatic carboxylic acids is 1. The van der Waals surface area contributed by atoms with E-state index in [0.717, 1.165) is 19.5 Å². The first-order valence-electron chi connectivity index (χ1n) is 5.90. The minimum atomic E-state index is -0.995. The Morgan fingerprint density at radius 2 is 1.90 bits per heavy atom. The van der Waals surface area contributed by atoms with Crippen molar-refractivity contribution in [1.29, 1.82) is 0 Å². The van der Waals surface area contributed by atoms with E-state index in [2.05, 4.69) is 36.8 Å². The first-order chi connectivity index (χ1) is 9.20. The van der Waals surface area contributed by atoms with Crippen LogP contribution in [0.3, 0.4) is 0 Å². The van der Waals surface area contributed by atoms with Crippen molar-refractivity contribution < 1.29 is 9.90 Å². The van der Waals surface area contributed by atoms with Crippen LogP contribution in [0.2, 0.25) is 0 Å². The van der Waals surface area contributed by atoms with Crippen LogP contribution in [0.4, 0.5) is 0 Å². The molecule has 0 unspecified atom stereocenters. The Bertz CT molecular complexity index is 674. The monoisotopic (exact) mass is 417 g/mol. The SMILES string of the molecule is CC(C)(C)c1nc(C(=O)O)c(-c2ccc(Br)c(Br)c2)s1. The molecule has 0 fully saturated rings. The Morgan fingerprint density at radius 3 is 2.40 bits per heavy atom. The van der Waals surface area contributed by atoms with Crippen molar-refractivity contribution in [3.63, 3.8) is 0 Å². The lowest BCUT2D eigenvalue weighted by Gasteiger charge is -2.13. The van der Waals surface area contributed by atoms with Crippen LogP contribution in [0, 0.1) is 0 Å². The summed E-state index contributed by atoms with van der Waals surface area (Å²) < 4.78 is 1.82. The molecule has 1 aromatic carbocycles. The first-order valence-corrected chi connectivity index (χ1v) is 8.30. The van der Waals surface area contributed by atoms with Gasteiger partial charge < -0.3 is 5.11 Å². The summed E-state index contributed by atoms with van der Waals surface area (Å²) >= 11 is 8.29. The minimum absolute atomic E-state index is 0.120. The van der Waals surface area contributed by atoms with E-state index in [1.54, 1.807) is 0 Å². The number of hydrogen-bond donors (Lipinski definition) is 1. The topological polar surface area (TPSA) is 50.2 Å². The summed E-state index contributed by atoms with van der Waals surface area (Å²) in [5.74, 6) is -0.995. The van der Waals surface area contributed by atoms with E-state index in [4.69, 9.17) is 0 Å². The van der Waals surface area contributed by atoms with Gasteiger partial charge in [-0.25, -0.2) is 9.78 Å². The van der Waals surface area contributed by atoms with Gasteiger partial charge in [0.15, 0.2) is 5.69 Å². The van der Waals surface area contributed by atoms with Crippen molar-refractivity contribution in [3.8, 4) is 10.4 Å².